The van der Waals surface area contributed by atoms with Crippen LogP contribution in [0.25, 0.3) is 0 Å². The second-order valence-corrected chi connectivity index (χ2v) is 8.88. The van der Waals surface area contributed by atoms with Crippen molar-refractivity contribution >= 4 is 5.97 Å². The van der Waals surface area contributed by atoms with Crippen molar-refractivity contribution in [1.82, 2.24) is 0 Å². The highest BCUT2D eigenvalue weighted by Gasteiger charge is 2.57. The van der Waals surface area contributed by atoms with Gasteiger partial charge in [-0.25, -0.2) is 4.79 Å². The second kappa shape index (κ2) is 7.10. The minimum absolute atomic E-state index is 0.00426. The molecule has 0 unspecified atom stereocenters. The Morgan fingerprint density at radius 3 is 2.65 bits per heavy atom. The topological polar surface area (TPSA) is 87.0 Å². The molecule has 0 aromatic rings. The molecule has 1 heterocycles. The standard InChI is InChI=1S/C21H32O5/c1-13-7-8-17-20(2,10-9-18(24)21(17,3)12-22)15(13)6-4-5-14-16(23)11-26-19(14)25/h5,15-18,22-24H,1,4,6-12H2,2-3H3/b14-5+/t15-,16-,17+,18-,20+,21+/m1/s1. The summed E-state index contributed by atoms with van der Waals surface area (Å²) in [6.07, 6.45) is 5.54. The van der Waals surface area contributed by atoms with E-state index in [9.17, 15) is 20.1 Å². The van der Waals surface area contributed by atoms with Crippen molar-refractivity contribution in [2.75, 3.05) is 13.2 Å². The Morgan fingerprint density at radius 2 is 2.04 bits per heavy atom. The van der Waals surface area contributed by atoms with Gasteiger partial charge in [0.05, 0.1) is 18.3 Å². The van der Waals surface area contributed by atoms with Crippen molar-refractivity contribution in [3.63, 3.8) is 0 Å². The van der Waals surface area contributed by atoms with Crippen LogP contribution in [0.15, 0.2) is 23.8 Å². The molecule has 26 heavy (non-hydrogen) atoms. The Labute approximate surface area is 155 Å². The minimum Gasteiger partial charge on any atom is -0.459 e. The monoisotopic (exact) mass is 364 g/mol. The molecule has 1 aliphatic heterocycles. The van der Waals surface area contributed by atoms with Crippen LogP contribution in [0.3, 0.4) is 0 Å². The number of aliphatic hydroxyl groups is 3. The van der Waals surface area contributed by atoms with Crippen molar-refractivity contribution in [3.8, 4) is 0 Å². The van der Waals surface area contributed by atoms with E-state index >= 15 is 0 Å². The molecular formula is C21H32O5. The molecule has 2 aliphatic carbocycles. The SMILES string of the molecule is C=C1CC[C@@H]2[C@](C)(CO)[C@H](O)CC[C@@]2(C)[C@@H]1CC/C=C1/C(=O)OC[C@H]1O. The summed E-state index contributed by atoms with van der Waals surface area (Å²) in [5.41, 5.74) is 1.11. The van der Waals surface area contributed by atoms with Crippen LogP contribution in [0.4, 0.5) is 0 Å². The van der Waals surface area contributed by atoms with Crippen molar-refractivity contribution < 1.29 is 24.9 Å². The number of rotatable bonds is 4. The van der Waals surface area contributed by atoms with Gasteiger partial charge in [-0.15, -0.1) is 0 Å². The Balaban J connectivity index is 1.79. The van der Waals surface area contributed by atoms with Gasteiger partial charge in [0.15, 0.2) is 0 Å². The first kappa shape index (κ1) is 19.6. The molecule has 3 N–H and O–H groups in total. The van der Waals surface area contributed by atoms with Crippen molar-refractivity contribution in [3.05, 3.63) is 23.8 Å². The lowest BCUT2D eigenvalue weighted by molar-refractivity contribution is -0.152. The van der Waals surface area contributed by atoms with E-state index in [-0.39, 0.29) is 30.5 Å². The third-order valence-electron chi connectivity index (χ3n) is 7.48. The molecule has 5 heteroatoms. The Kier molecular flexibility index (Phi) is 5.35. The van der Waals surface area contributed by atoms with Crippen LogP contribution in [0.1, 0.15) is 52.4 Å². The molecule has 2 saturated carbocycles. The number of carbonyl (C=O) groups excluding carboxylic acids is 1. The molecule has 0 spiro atoms. The Morgan fingerprint density at radius 1 is 1.31 bits per heavy atom. The van der Waals surface area contributed by atoms with E-state index in [1.807, 2.05) is 13.0 Å². The number of allylic oxidation sites excluding steroid dienone is 2. The smallest absolute Gasteiger partial charge is 0.336 e. The highest BCUT2D eigenvalue weighted by atomic mass is 16.6. The highest BCUT2D eigenvalue weighted by molar-refractivity contribution is 5.91. The zero-order valence-corrected chi connectivity index (χ0v) is 15.9. The number of aliphatic hydroxyl groups excluding tert-OH is 3. The number of hydrogen-bond donors (Lipinski definition) is 3. The molecule has 0 amide bonds. The largest absolute Gasteiger partial charge is 0.459 e. The molecule has 0 radical (unpaired) electrons. The van der Waals surface area contributed by atoms with Gasteiger partial charge in [-0.05, 0) is 55.8 Å². The van der Waals surface area contributed by atoms with Gasteiger partial charge < -0.3 is 20.1 Å². The first-order valence-corrected chi connectivity index (χ1v) is 9.76. The summed E-state index contributed by atoms with van der Waals surface area (Å²) in [6.45, 7) is 8.65. The molecule has 1 saturated heterocycles. The van der Waals surface area contributed by atoms with Gasteiger partial charge in [0.2, 0.25) is 0 Å². The summed E-state index contributed by atoms with van der Waals surface area (Å²) in [4.78, 5) is 11.7. The first-order valence-electron chi connectivity index (χ1n) is 9.76. The lowest BCUT2D eigenvalue weighted by atomic mass is 9.46. The fourth-order valence-corrected chi connectivity index (χ4v) is 5.82. The molecule has 6 atom stereocenters. The van der Waals surface area contributed by atoms with Crippen LogP contribution in [-0.4, -0.2) is 46.7 Å². The highest BCUT2D eigenvalue weighted by Crippen LogP contribution is 2.61. The maximum atomic E-state index is 11.7. The first-order chi connectivity index (χ1) is 12.2. The minimum atomic E-state index is -0.817. The molecule has 0 aromatic heterocycles. The number of carbonyl (C=O) groups is 1. The summed E-state index contributed by atoms with van der Waals surface area (Å²) >= 11 is 0. The van der Waals surface area contributed by atoms with Gasteiger partial charge in [0.25, 0.3) is 0 Å². The van der Waals surface area contributed by atoms with E-state index in [0.29, 0.717) is 18.4 Å². The van der Waals surface area contributed by atoms with Crippen LogP contribution >= 0.6 is 0 Å². The predicted octanol–water partition coefficient (Wildman–Crippen LogP) is 2.35. The van der Waals surface area contributed by atoms with Crippen molar-refractivity contribution in [1.29, 1.82) is 0 Å². The summed E-state index contributed by atoms with van der Waals surface area (Å²) in [5.74, 6) is 0.109. The normalized spacial score (nSPS) is 44.9. The fraction of sp³-hybridized carbons (Fsp3) is 0.762. The summed E-state index contributed by atoms with van der Waals surface area (Å²) in [7, 11) is 0. The van der Waals surface area contributed by atoms with Crippen molar-refractivity contribution in [2.45, 2.75) is 64.6 Å². The van der Waals surface area contributed by atoms with E-state index in [1.165, 1.54) is 5.57 Å². The second-order valence-electron chi connectivity index (χ2n) is 8.88. The lowest BCUT2D eigenvalue weighted by Crippen LogP contribution is -2.57. The number of esters is 1. The maximum absolute atomic E-state index is 11.7. The van der Waals surface area contributed by atoms with E-state index in [4.69, 9.17) is 4.74 Å². The van der Waals surface area contributed by atoms with Gasteiger partial charge in [-0.3, -0.25) is 0 Å². The van der Waals surface area contributed by atoms with Crippen LogP contribution in [0, 0.1) is 22.7 Å². The molecule has 3 aliphatic rings. The van der Waals surface area contributed by atoms with Crippen LogP contribution in [0.5, 0.6) is 0 Å². The lowest BCUT2D eigenvalue weighted by Gasteiger charge is -2.60. The quantitative estimate of drug-likeness (QED) is 0.405. The molecule has 3 fully saturated rings. The molecular weight excluding hydrogens is 332 g/mol. The summed E-state index contributed by atoms with van der Waals surface area (Å²) < 4.78 is 4.87. The fourth-order valence-electron chi connectivity index (χ4n) is 5.82. The molecule has 0 aromatic carbocycles. The van der Waals surface area contributed by atoms with Crippen LogP contribution in [0.2, 0.25) is 0 Å². The molecule has 3 rings (SSSR count). The number of fused-ring (bicyclic) bond motifs is 1. The van der Waals surface area contributed by atoms with E-state index in [2.05, 4.69) is 13.5 Å². The average molecular weight is 364 g/mol. The van der Waals surface area contributed by atoms with E-state index < -0.39 is 23.6 Å². The van der Waals surface area contributed by atoms with Crippen molar-refractivity contribution in [2.24, 2.45) is 22.7 Å². The number of cyclic esters (lactones) is 1. The van der Waals surface area contributed by atoms with Gasteiger partial charge in [0, 0.05) is 5.41 Å². The maximum Gasteiger partial charge on any atom is 0.336 e. The average Bonchev–Trinajstić information content (AvgIpc) is 2.92. The molecule has 5 nitrogen and oxygen atoms in total. The Bertz CT molecular complexity index is 612. The van der Waals surface area contributed by atoms with Gasteiger partial charge in [0.1, 0.15) is 12.7 Å². The summed E-state index contributed by atoms with van der Waals surface area (Å²) in [5, 5.41) is 30.4. The zero-order chi connectivity index (χ0) is 19.1. The molecule has 0 bridgehead atoms. The number of hydrogen-bond acceptors (Lipinski definition) is 5. The third kappa shape index (κ3) is 3.04. The van der Waals surface area contributed by atoms with E-state index in [0.717, 1.165) is 25.7 Å². The van der Waals surface area contributed by atoms with Crippen LogP contribution in [-0.2, 0) is 9.53 Å². The number of ether oxygens (including phenoxy) is 1. The molecule has 146 valence electrons. The van der Waals surface area contributed by atoms with E-state index in [1.54, 1.807) is 0 Å². The Hall–Kier alpha value is -1.17. The third-order valence-corrected chi connectivity index (χ3v) is 7.48. The van der Waals surface area contributed by atoms with Crippen LogP contribution < -0.4 is 0 Å². The van der Waals surface area contributed by atoms with Gasteiger partial charge in [-0.1, -0.05) is 32.1 Å². The summed E-state index contributed by atoms with van der Waals surface area (Å²) in [6, 6.07) is 0. The zero-order valence-electron chi connectivity index (χ0n) is 15.9. The van der Waals surface area contributed by atoms with Gasteiger partial charge >= 0.3 is 5.97 Å². The van der Waals surface area contributed by atoms with Gasteiger partial charge in [-0.2, -0.15) is 0 Å². The predicted molar refractivity (Wildman–Crippen MR) is 98.2 cm³/mol.